The van der Waals surface area contributed by atoms with Crippen LogP contribution in [0.3, 0.4) is 0 Å². The van der Waals surface area contributed by atoms with Crippen molar-refractivity contribution in [1.29, 1.82) is 0 Å². The summed E-state index contributed by atoms with van der Waals surface area (Å²) in [5.41, 5.74) is 1.41. The van der Waals surface area contributed by atoms with Gasteiger partial charge in [-0.1, -0.05) is 13.8 Å². The summed E-state index contributed by atoms with van der Waals surface area (Å²) in [6.07, 6.45) is 1.59. The summed E-state index contributed by atoms with van der Waals surface area (Å²) in [6.45, 7) is 3.60. The third-order valence-corrected chi connectivity index (χ3v) is 3.24. The SMILES string of the molecule is CC(C)C(=O)Nc1ccc2c(c1)C(=O)Nc1cccnc1O2. The van der Waals surface area contributed by atoms with Gasteiger partial charge in [0.25, 0.3) is 5.91 Å². The van der Waals surface area contributed by atoms with Gasteiger partial charge in [-0.15, -0.1) is 0 Å². The zero-order valence-corrected chi connectivity index (χ0v) is 12.2. The highest BCUT2D eigenvalue weighted by Crippen LogP contribution is 2.34. The third-order valence-electron chi connectivity index (χ3n) is 3.24. The normalized spacial score (nSPS) is 12.6. The first kappa shape index (κ1) is 14.1. The second-order valence-corrected chi connectivity index (χ2v) is 5.27. The molecule has 6 nitrogen and oxygen atoms in total. The Morgan fingerprint density at radius 3 is 2.91 bits per heavy atom. The van der Waals surface area contributed by atoms with Gasteiger partial charge in [0.1, 0.15) is 11.4 Å². The summed E-state index contributed by atoms with van der Waals surface area (Å²) < 4.78 is 5.67. The number of amides is 2. The predicted octanol–water partition coefficient (Wildman–Crippen LogP) is 3.03. The van der Waals surface area contributed by atoms with Crippen LogP contribution in [0.2, 0.25) is 0 Å². The number of rotatable bonds is 2. The maximum atomic E-state index is 12.3. The molecule has 112 valence electrons. The van der Waals surface area contributed by atoms with E-state index in [1.165, 1.54) is 0 Å². The fourth-order valence-electron chi connectivity index (χ4n) is 2.02. The van der Waals surface area contributed by atoms with Crippen LogP contribution in [0, 0.1) is 5.92 Å². The van der Waals surface area contributed by atoms with E-state index in [1.807, 2.05) is 0 Å². The molecule has 1 aromatic heterocycles. The number of pyridine rings is 1. The number of carbonyl (C=O) groups excluding carboxylic acids is 2. The van der Waals surface area contributed by atoms with Gasteiger partial charge < -0.3 is 15.4 Å². The van der Waals surface area contributed by atoms with Gasteiger partial charge in [-0.05, 0) is 30.3 Å². The third kappa shape index (κ3) is 2.63. The molecular formula is C16H15N3O3. The van der Waals surface area contributed by atoms with E-state index in [0.717, 1.165) is 0 Å². The van der Waals surface area contributed by atoms with Gasteiger partial charge in [-0.2, -0.15) is 0 Å². The van der Waals surface area contributed by atoms with Crippen LogP contribution in [0.5, 0.6) is 11.6 Å². The molecule has 0 unspecified atom stereocenters. The van der Waals surface area contributed by atoms with Crippen molar-refractivity contribution in [3.63, 3.8) is 0 Å². The van der Waals surface area contributed by atoms with Crippen molar-refractivity contribution in [2.24, 2.45) is 5.92 Å². The lowest BCUT2D eigenvalue weighted by Gasteiger charge is -2.10. The van der Waals surface area contributed by atoms with E-state index in [9.17, 15) is 9.59 Å². The van der Waals surface area contributed by atoms with Gasteiger partial charge in [0.15, 0.2) is 0 Å². The largest absolute Gasteiger partial charge is 0.436 e. The highest BCUT2D eigenvalue weighted by Gasteiger charge is 2.22. The molecule has 22 heavy (non-hydrogen) atoms. The van der Waals surface area contributed by atoms with E-state index in [2.05, 4.69) is 15.6 Å². The molecule has 3 rings (SSSR count). The van der Waals surface area contributed by atoms with Gasteiger partial charge in [-0.3, -0.25) is 9.59 Å². The molecule has 1 aliphatic heterocycles. The number of anilines is 2. The quantitative estimate of drug-likeness (QED) is 0.892. The van der Waals surface area contributed by atoms with Crippen molar-refractivity contribution in [2.45, 2.75) is 13.8 Å². The lowest BCUT2D eigenvalue weighted by atomic mass is 10.1. The highest BCUT2D eigenvalue weighted by atomic mass is 16.5. The maximum absolute atomic E-state index is 12.3. The van der Waals surface area contributed by atoms with Crippen LogP contribution in [-0.4, -0.2) is 16.8 Å². The van der Waals surface area contributed by atoms with Crippen molar-refractivity contribution >= 4 is 23.2 Å². The Morgan fingerprint density at radius 1 is 1.32 bits per heavy atom. The number of nitrogens with zero attached hydrogens (tertiary/aromatic N) is 1. The first-order chi connectivity index (χ1) is 10.5. The Bertz CT molecular complexity index is 756. The summed E-state index contributed by atoms with van der Waals surface area (Å²) in [5, 5.41) is 5.51. The number of aromatic nitrogens is 1. The first-order valence-electron chi connectivity index (χ1n) is 6.94. The fraction of sp³-hybridized carbons (Fsp3) is 0.188. The predicted molar refractivity (Wildman–Crippen MR) is 82.2 cm³/mol. The molecule has 0 spiro atoms. The Morgan fingerprint density at radius 2 is 2.14 bits per heavy atom. The van der Waals surface area contributed by atoms with E-state index in [-0.39, 0.29) is 17.7 Å². The minimum absolute atomic E-state index is 0.111. The summed E-state index contributed by atoms with van der Waals surface area (Å²) in [4.78, 5) is 28.2. The molecule has 1 aliphatic rings. The molecule has 6 heteroatoms. The second kappa shape index (κ2) is 5.48. The molecule has 0 radical (unpaired) electrons. The van der Waals surface area contributed by atoms with E-state index in [0.29, 0.717) is 28.6 Å². The van der Waals surface area contributed by atoms with Crippen LogP contribution in [0.1, 0.15) is 24.2 Å². The Balaban J connectivity index is 1.95. The van der Waals surface area contributed by atoms with Crippen molar-refractivity contribution in [3.05, 3.63) is 42.1 Å². The number of nitrogens with one attached hydrogen (secondary N) is 2. The molecule has 2 aromatic rings. The van der Waals surface area contributed by atoms with Crippen LogP contribution in [-0.2, 0) is 4.79 Å². The molecule has 1 aromatic carbocycles. The van der Waals surface area contributed by atoms with Gasteiger partial charge in [0.05, 0.1) is 5.56 Å². The van der Waals surface area contributed by atoms with Crippen LogP contribution in [0.15, 0.2) is 36.5 Å². The molecule has 0 saturated carbocycles. The van der Waals surface area contributed by atoms with E-state index in [1.54, 1.807) is 50.4 Å². The summed E-state index contributed by atoms with van der Waals surface area (Å²) in [7, 11) is 0. The van der Waals surface area contributed by atoms with E-state index >= 15 is 0 Å². The minimum atomic E-state index is -0.303. The van der Waals surface area contributed by atoms with Crippen molar-refractivity contribution in [1.82, 2.24) is 4.98 Å². The van der Waals surface area contributed by atoms with Crippen LogP contribution < -0.4 is 15.4 Å². The fourth-order valence-corrected chi connectivity index (χ4v) is 2.02. The van der Waals surface area contributed by atoms with Gasteiger partial charge in [0, 0.05) is 17.8 Å². The number of hydrogen-bond acceptors (Lipinski definition) is 4. The van der Waals surface area contributed by atoms with Crippen LogP contribution in [0.4, 0.5) is 11.4 Å². The zero-order chi connectivity index (χ0) is 15.7. The van der Waals surface area contributed by atoms with Gasteiger partial charge in [-0.25, -0.2) is 4.98 Å². The van der Waals surface area contributed by atoms with Crippen molar-refractivity contribution in [3.8, 4) is 11.6 Å². The van der Waals surface area contributed by atoms with Crippen LogP contribution >= 0.6 is 0 Å². The van der Waals surface area contributed by atoms with E-state index < -0.39 is 0 Å². The monoisotopic (exact) mass is 297 g/mol. The number of benzene rings is 1. The standard InChI is InChI=1S/C16H15N3O3/c1-9(2)14(20)18-10-5-6-13-11(8-10)15(21)19-12-4-3-7-17-16(12)22-13/h3-9H,1-2H3,(H,18,20)(H,19,21). The molecule has 2 heterocycles. The average Bonchev–Trinajstić information content (AvgIpc) is 2.63. The molecule has 0 fully saturated rings. The number of fused-ring (bicyclic) bond motifs is 2. The molecule has 0 saturated heterocycles. The van der Waals surface area contributed by atoms with Gasteiger partial charge >= 0.3 is 0 Å². The molecular weight excluding hydrogens is 282 g/mol. The van der Waals surface area contributed by atoms with Crippen LogP contribution in [0.25, 0.3) is 0 Å². The number of hydrogen-bond donors (Lipinski definition) is 2. The smallest absolute Gasteiger partial charge is 0.259 e. The van der Waals surface area contributed by atoms with Crippen molar-refractivity contribution < 1.29 is 14.3 Å². The van der Waals surface area contributed by atoms with Gasteiger partial charge in [0.2, 0.25) is 11.8 Å². The summed E-state index contributed by atoms with van der Waals surface area (Å²) >= 11 is 0. The number of ether oxygens (including phenoxy) is 1. The molecule has 0 atom stereocenters. The lowest BCUT2D eigenvalue weighted by molar-refractivity contribution is -0.118. The summed E-state index contributed by atoms with van der Waals surface area (Å²) in [5.74, 6) is 0.186. The Kier molecular flexibility index (Phi) is 3.50. The Hall–Kier alpha value is -2.89. The molecule has 0 bridgehead atoms. The maximum Gasteiger partial charge on any atom is 0.259 e. The molecule has 2 amide bonds. The zero-order valence-electron chi connectivity index (χ0n) is 12.2. The molecule has 0 aliphatic carbocycles. The van der Waals surface area contributed by atoms with Crippen molar-refractivity contribution in [2.75, 3.05) is 10.6 Å². The topological polar surface area (TPSA) is 80.3 Å². The average molecular weight is 297 g/mol. The first-order valence-corrected chi connectivity index (χ1v) is 6.94. The lowest BCUT2D eigenvalue weighted by Crippen LogP contribution is -2.18. The van der Waals surface area contributed by atoms with E-state index in [4.69, 9.17) is 4.74 Å². The molecule has 2 N–H and O–H groups in total. The highest BCUT2D eigenvalue weighted by molar-refractivity contribution is 6.08. The minimum Gasteiger partial charge on any atom is -0.436 e. The number of carbonyl (C=O) groups is 2. The summed E-state index contributed by atoms with van der Waals surface area (Å²) in [6, 6.07) is 8.37. The Labute approximate surface area is 127 Å². The second-order valence-electron chi connectivity index (χ2n) is 5.27.